The molecule has 0 atom stereocenters. The molecule has 0 saturated heterocycles. The summed E-state index contributed by atoms with van der Waals surface area (Å²) in [5, 5.41) is 27.4. The Hall–Kier alpha value is -3.95. The quantitative estimate of drug-likeness (QED) is 0.426. The summed E-state index contributed by atoms with van der Waals surface area (Å²) < 4.78 is 0. The molecule has 2 aromatic heterocycles. The number of rotatable bonds is 3. The van der Waals surface area contributed by atoms with Crippen LogP contribution in [0.1, 0.15) is 36.9 Å². The van der Waals surface area contributed by atoms with Gasteiger partial charge in [0.15, 0.2) is 10.9 Å². The summed E-state index contributed by atoms with van der Waals surface area (Å²) in [5.41, 5.74) is -3.76. The van der Waals surface area contributed by atoms with E-state index in [-0.39, 0.29) is 27.4 Å². The Morgan fingerprint density at radius 1 is 0.769 bits per heavy atom. The highest BCUT2D eigenvalue weighted by Gasteiger charge is 2.24. The van der Waals surface area contributed by atoms with E-state index in [1.54, 1.807) is 0 Å². The maximum absolute atomic E-state index is 12.3. The maximum Gasteiger partial charge on any atom is 0.352 e. The Morgan fingerprint density at radius 2 is 1.15 bits per heavy atom. The van der Waals surface area contributed by atoms with Crippen LogP contribution in [0.4, 0.5) is 0 Å². The molecule has 0 saturated carbocycles. The molecule has 132 valence electrons. The molecule has 0 aliphatic heterocycles. The van der Waals surface area contributed by atoms with Crippen molar-refractivity contribution >= 4 is 39.7 Å². The lowest BCUT2D eigenvalue weighted by atomic mass is 9.97. The van der Waals surface area contributed by atoms with Gasteiger partial charge in [0.2, 0.25) is 0 Å². The van der Waals surface area contributed by atoms with Crippen molar-refractivity contribution in [1.29, 1.82) is 0 Å². The average Bonchev–Trinajstić information content (AvgIpc) is 2.53. The van der Waals surface area contributed by atoms with Gasteiger partial charge in [-0.25, -0.2) is 14.4 Å². The molecule has 0 bridgehead atoms. The number of carboxylic acids is 3. The Bertz CT molecular complexity index is 1180. The van der Waals surface area contributed by atoms with Crippen molar-refractivity contribution in [3.63, 3.8) is 0 Å². The third-order valence-corrected chi connectivity index (χ3v) is 3.99. The normalized spacial score (nSPS) is 11.0. The molecule has 0 amide bonds. The van der Waals surface area contributed by atoms with Gasteiger partial charge in [-0.3, -0.25) is 9.59 Å². The number of aromatic nitrogens is 2. The molecule has 0 radical (unpaired) electrons. The molecular weight excluding hydrogens is 348 g/mol. The summed E-state index contributed by atoms with van der Waals surface area (Å²) in [6, 6.07) is 1.57. The van der Waals surface area contributed by atoms with Crippen molar-refractivity contribution in [1.82, 2.24) is 9.97 Å². The number of aromatic carboxylic acids is 3. The predicted octanol–water partition coefficient (Wildman–Crippen LogP) is 0.773. The molecule has 0 fully saturated rings. The number of carboxylic acid groups (broad SMARTS) is 3. The number of pyridine rings is 2. The van der Waals surface area contributed by atoms with E-state index in [1.165, 1.54) is 6.92 Å². The number of carbonyl (C=O) groups is 3. The van der Waals surface area contributed by atoms with E-state index >= 15 is 0 Å². The Kier molecular flexibility index (Phi) is 3.61. The van der Waals surface area contributed by atoms with E-state index in [2.05, 4.69) is 9.97 Å². The van der Waals surface area contributed by atoms with Gasteiger partial charge in [0, 0.05) is 12.1 Å². The average molecular weight is 358 g/mol. The van der Waals surface area contributed by atoms with Crippen molar-refractivity contribution in [2.75, 3.05) is 0 Å². The number of aryl methyl sites for hydroxylation is 1. The smallest absolute Gasteiger partial charge is 0.352 e. The zero-order valence-electron chi connectivity index (χ0n) is 13.0. The van der Waals surface area contributed by atoms with E-state index in [0.29, 0.717) is 0 Å². The Morgan fingerprint density at radius 3 is 1.46 bits per heavy atom. The van der Waals surface area contributed by atoms with Crippen molar-refractivity contribution in [2.45, 2.75) is 6.92 Å². The van der Waals surface area contributed by atoms with Gasteiger partial charge < -0.3 is 25.3 Å². The van der Waals surface area contributed by atoms with Gasteiger partial charge in [0.25, 0.3) is 0 Å². The maximum atomic E-state index is 12.3. The van der Waals surface area contributed by atoms with E-state index in [0.717, 1.165) is 12.1 Å². The Balaban J connectivity index is 2.73. The first-order chi connectivity index (χ1) is 12.1. The monoisotopic (exact) mass is 358 g/mol. The molecule has 0 aliphatic carbocycles. The summed E-state index contributed by atoms with van der Waals surface area (Å²) in [6.45, 7) is 1.39. The summed E-state index contributed by atoms with van der Waals surface area (Å²) in [4.78, 5) is 63.6. The molecule has 1 aromatic carbocycles. The van der Waals surface area contributed by atoms with Gasteiger partial charge >= 0.3 is 17.9 Å². The first kappa shape index (κ1) is 16.9. The lowest BCUT2D eigenvalue weighted by Crippen LogP contribution is -2.18. The molecular formula is C16H10N2O8. The summed E-state index contributed by atoms with van der Waals surface area (Å²) in [5.74, 6) is -4.53. The molecule has 3 rings (SSSR count). The molecule has 2 heterocycles. The molecule has 10 nitrogen and oxygen atoms in total. The zero-order valence-corrected chi connectivity index (χ0v) is 13.0. The highest BCUT2D eigenvalue weighted by atomic mass is 16.4. The lowest BCUT2D eigenvalue weighted by molar-refractivity contribution is 0.0680. The number of fused-ring (bicyclic) bond motifs is 2. The van der Waals surface area contributed by atoms with Gasteiger partial charge in [-0.15, -0.1) is 0 Å². The summed E-state index contributed by atoms with van der Waals surface area (Å²) in [6.07, 6.45) is 0. The van der Waals surface area contributed by atoms with Crippen molar-refractivity contribution in [2.24, 2.45) is 0 Å². The fourth-order valence-corrected chi connectivity index (χ4v) is 2.93. The van der Waals surface area contributed by atoms with Crippen LogP contribution in [0, 0.1) is 6.92 Å². The van der Waals surface area contributed by atoms with Gasteiger partial charge in [-0.2, -0.15) is 0 Å². The first-order valence-corrected chi connectivity index (χ1v) is 7.10. The van der Waals surface area contributed by atoms with E-state index in [4.69, 9.17) is 10.2 Å². The number of aromatic amines is 2. The third kappa shape index (κ3) is 2.32. The summed E-state index contributed by atoms with van der Waals surface area (Å²) >= 11 is 0. The van der Waals surface area contributed by atoms with Crippen LogP contribution in [0.5, 0.6) is 0 Å². The van der Waals surface area contributed by atoms with Gasteiger partial charge in [-0.05, 0) is 12.5 Å². The van der Waals surface area contributed by atoms with Crippen molar-refractivity contribution in [3.8, 4) is 0 Å². The number of hydrogen-bond acceptors (Lipinski definition) is 5. The Labute approximate surface area is 142 Å². The topological polar surface area (TPSA) is 178 Å². The number of benzene rings is 1. The molecule has 10 heteroatoms. The van der Waals surface area contributed by atoms with E-state index in [9.17, 15) is 29.1 Å². The highest BCUT2D eigenvalue weighted by Crippen LogP contribution is 2.27. The molecule has 0 spiro atoms. The van der Waals surface area contributed by atoms with Crippen LogP contribution in [0.3, 0.4) is 0 Å². The second-order valence-electron chi connectivity index (χ2n) is 5.51. The van der Waals surface area contributed by atoms with Gasteiger partial charge in [0.05, 0.1) is 21.8 Å². The van der Waals surface area contributed by atoms with E-state index < -0.39 is 45.7 Å². The van der Waals surface area contributed by atoms with Gasteiger partial charge in [-0.1, -0.05) is 0 Å². The van der Waals surface area contributed by atoms with Crippen LogP contribution in [0.2, 0.25) is 0 Å². The summed E-state index contributed by atoms with van der Waals surface area (Å²) in [7, 11) is 0. The minimum Gasteiger partial charge on any atom is -0.478 e. The SMILES string of the molecule is Cc1c2c(=O)cc(C(=O)O)[nH]c2c(C(=O)O)c2[nH]c(C(=O)O)cc(=O)c12. The molecule has 26 heavy (non-hydrogen) atoms. The van der Waals surface area contributed by atoms with Crippen molar-refractivity contribution < 1.29 is 29.7 Å². The first-order valence-electron chi connectivity index (χ1n) is 7.10. The molecule has 5 N–H and O–H groups in total. The van der Waals surface area contributed by atoms with Crippen LogP contribution in [0.25, 0.3) is 21.8 Å². The number of H-pyrrole nitrogens is 2. The lowest BCUT2D eigenvalue weighted by Gasteiger charge is -2.12. The fourth-order valence-electron chi connectivity index (χ4n) is 2.93. The minimum atomic E-state index is -1.57. The molecule has 0 aliphatic rings. The largest absolute Gasteiger partial charge is 0.478 e. The zero-order chi connectivity index (χ0) is 19.3. The third-order valence-electron chi connectivity index (χ3n) is 3.99. The number of hydrogen-bond donors (Lipinski definition) is 5. The highest BCUT2D eigenvalue weighted by molar-refractivity contribution is 6.16. The van der Waals surface area contributed by atoms with Crippen molar-refractivity contribution in [3.05, 3.63) is 55.1 Å². The second kappa shape index (κ2) is 5.55. The predicted molar refractivity (Wildman–Crippen MR) is 88.3 cm³/mol. The standard InChI is InChI=1S/C16H10N2O8/c1-4-9-7(19)2-5(14(21)22)17-12(9)11(16(25)26)13-10(4)8(20)3-6(18-13)15(23)24/h2-3H,1H3,(H,17,19)(H,18,20)(H,21,22)(H,23,24)(H,25,26). The van der Waals surface area contributed by atoms with Crippen LogP contribution in [0.15, 0.2) is 21.7 Å². The van der Waals surface area contributed by atoms with E-state index in [1.807, 2.05) is 0 Å². The van der Waals surface area contributed by atoms with Crippen LogP contribution < -0.4 is 10.9 Å². The second-order valence-corrected chi connectivity index (χ2v) is 5.51. The molecule has 3 aromatic rings. The van der Waals surface area contributed by atoms with Crippen LogP contribution in [-0.4, -0.2) is 43.2 Å². The van der Waals surface area contributed by atoms with Crippen LogP contribution >= 0.6 is 0 Å². The molecule has 0 unspecified atom stereocenters. The minimum absolute atomic E-state index is 0.108. The fraction of sp³-hybridized carbons (Fsp3) is 0.0625. The van der Waals surface area contributed by atoms with Crippen LogP contribution in [-0.2, 0) is 0 Å². The number of nitrogens with one attached hydrogen (secondary N) is 2. The van der Waals surface area contributed by atoms with Gasteiger partial charge in [0.1, 0.15) is 17.0 Å².